The van der Waals surface area contributed by atoms with E-state index in [4.69, 9.17) is 0 Å². The third-order valence-electron chi connectivity index (χ3n) is 4.43. The Morgan fingerprint density at radius 2 is 2.12 bits per heavy atom. The van der Waals surface area contributed by atoms with Gasteiger partial charge in [-0.15, -0.1) is 11.3 Å². The van der Waals surface area contributed by atoms with Gasteiger partial charge >= 0.3 is 0 Å². The molecule has 0 radical (unpaired) electrons. The molecule has 5 nitrogen and oxygen atoms in total. The van der Waals surface area contributed by atoms with Gasteiger partial charge in [-0.05, 0) is 50.2 Å². The molecule has 0 saturated heterocycles. The van der Waals surface area contributed by atoms with Gasteiger partial charge in [0.15, 0.2) is 0 Å². The monoisotopic (exact) mass is 356 g/mol. The number of rotatable bonds is 7. The van der Waals surface area contributed by atoms with Crippen molar-refractivity contribution < 1.29 is 4.79 Å². The number of carbonyl (C=O) groups is 1. The molecule has 1 amide bonds. The summed E-state index contributed by atoms with van der Waals surface area (Å²) in [4.78, 5) is 20.1. The van der Waals surface area contributed by atoms with Gasteiger partial charge in [-0.1, -0.05) is 12.1 Å². The molecule has 6 heteroatoms. The summed E-state index contributed by atoms with van der Waals surface area (Å²) in [6.45, 7) is 3.38. The van der Waals surface area contributed by atoms with E-state index in [-0.39, 0.29) is 11.9 Å². The minimum atomic E-state index is 0.0684. The SMILES string of the molecule is Cc1ccsc1C(CNC(=O)CCn1cnc2ccccc21)N(C)C. The molecule has 2 aromatic heterocycles. The van der Waals surface area contributed by atoms with Crippen LogP contribution >= 0.6 is 11.3 Å². The third kappa shape index (κ3) is 4.08. The molecule has 2 heterocycles. The van der Waals surface area contributed by atoms with E-state index in [0.717, 1.165) is 11.0 Å². The number of imidazole rings is 1. The van der Waals surface area contributed by atoms with Crippen LogP contribution < -0.4 is 5.32 Å². The van der Waals surface area contributed by atoms with Crippen LogP contribution in [0, 0.1) is 6.92 Å². The number of para-hydroxylation sites is 2. The summed E-state index contributed by atoms with van der Waals surface area (Å²) in [6.07, 6.45) is 2.25. The van der Waals surface area contributed by atoms with Gasteiger partial charge in [-0.25, -0.2) is 4.98 Å². The van der Waals surface area contributed by atoms with E-state index < -0.39 is 0 Å². The molecule has 0 aliphatic rings. The number of nitrogens with zero attached hydrogens (tertiary/aromatic N) is 3. The average molecular weight is 356 g/mol. The first kappa shape index (κ1) is 17.6. The third-order valence-corrected chi connectivity index (χ3v) is 5.55. The van der Waals surface area contributed by atoms with E-state index in [1.54, 1.807) is 17.7 Å². The van der Waals surface area contributed by atoms with Crippen molar-refractivity contribution in [2.45, 2.75) is 25.9 Å². The number of aromatic nitrogens is 2. The van der Waals surface area contributed by atoms with Crippen molar-refractivity contribution in [1.29, 1.82) is 0 Å². The maximum absolute atomic E-state index is 12.3. The Hall–Kier alpha value is -2.18. The Bertz CT molecular complexity index is 852. The van der Waals surface area contributed by atoms with Crippen LogP contribution in [0.1, 0.15) is 22.9 Å². The molecule has 0 saturated carbocycles. The molecular formula is C19H24N4OS. The number of amides is 1. The molecule has 1 unspecified atom stereocenters. The lowest BCUT2D eigenvalue weighted by atomic mass is 10.1. The number of nitrogens with one attached hydrogen (secondary N) is 1. The zero-order chi connectivity index (χ0) is 17.8. The zero-order valence-corrected chi connectivity index (χ0v) is 15.7. The lowest BCUT2D eigenvalue weighted by molar-refractivity contribution is -0.121. The van der Waals surface area contributed by atoms with Gasteiger partial charge in [0.05, 0.1) is 23.4 Å². The van der Waals surface area contributed by atoms with Crippen molar-refractivity contribution in [3.8, 4) is 0 Å². The largest absolute Gasteiger partial charge is 0.354 e. The molecule has 0 aliphatic carbocycles. The maximum Gasteiger partial charge on any atom is 0.221 e. The van der Waals surface area contributed by atoms with Crippen LogP contribution in [0.25, 0.3) is 11.0 Å². The van der Waals surface area contributed by atoms with E-state index >= 15 is 0 Å². The second kappa shape index (κ2) is 7.80. The fourth-order valence-electron chi connectivity index (χ4n) is 2.94. The molecule has 1 N–H and O–H groups in total. The summed E-state index contributed by atoms with van der Waals surface area (Å²) in [5.41, 5.74) is 3.31. The van der Waals surface area contributed by atoms with Crippen molar-refractivity contribution in [2.75, 3.05) is 20.6 Å². The molecule has 0 bridgehead atoms. The van der Waals surface area contributed by atoms with Gasteiger partial charge < -0.3 is 14.8 Å². The second-order valence-electron chi connectivity index (χ2n) is 6.43. The van der Waals surface area contributed by atoms with E-state index in [1.807, 2.05) is 42.9 Å². The highest BCUT2D eigenvalue weighted by atomic mass is 32.1. The lowest BCUT2D eigenvalue weighted by Crippen LogP contribution is -2.34. The summed E-state index contributed by atoms with van der Waals surface area (Å²) < 4.78 is 2.03. The Kier molecular flexibility index (Phi) is 5.50. The standard InChI is InChI=1S/C19H24N4OS/c1-14-9-11-25-19(14)17(22(2)3)12-20-18(24)8-10-23-13-21-15-6-4-5-7-16(15)23/h4-7,9,11,13,17H,8,10,12H2,1-3H3,(H,20,24). The van der Waals surface area contributed by atoms with Crippen LogP contribution in [0.4, 0.5) is 0 Å². The van der Waals surface area contributed by atoms with E-state index in [9.17, 15) is 4.79 Å². The van der Waals surface area contributed by atoms with Crippen molar-refractivity contribution in [1.82, 2.24) is 19.8 Å². The van der Waals surface area contributed by atoms with E-state index in [0.29, 0.717) is 19.5 Å². The molecule has 3 rings (SSSR count). The van der Waals surface area contributed by atoms with Gasteiger partial charge in [0, 0.05) is 24.4 Å². The minimum Gasteiger partial charge on any atom is -0.354 e. The molecular weight excluding hydrogens is 332 g/mol. The van der Waals surface area contributed by atoms with Gasteiger partial charge in [-0.2, -0.15) is 0 Å². The topological polar surface area (TPSA) is 50.2 Å². The van der Waals surface area contributed by atoms with E-state index in [2.05, 4.69) is 33.6 Å². The number of carbonyl (C=O) groups excluding carboxylic acids is 1. The second-order valence-corrected chi connectivity index (χ2v) is 7.38. The highest BCUT2D eigenvalue weighted by Crippen LogP contribution is 2.26. The van der Waals surface area contributed by atoms with Crippen LogP contribution in [0.2, 0.25) is 0 Å². The van der Waals surface area contributed by atoms with Gasteiger partial charge in [0.2, 0.25) is 5.91 Å². The van der Waals surface area contributed by atoms with Crippen molar-refractivity contribution in [3.05, 3.63) is 52.5 Å². The highest BCUT2D eigenvalue weighted by Gasteiger charge is 2.18. The Balaban J connectivity index is 1.56. The first-order valence-corrected chi connectivity index (χ1v) is 9.31. The van der Waals surface area contributed by atoms with Crippen molar-refractivity contribution in [2.24, 2.45) is 0 Å². The first-order chi connectivity index (χ1) is 12.1. The van der Waals surface area contributed by atoms with Gasteiger partial charge in [0.25, 0.3) is 0 Å². The predicted octanol–water partition coefficient (Wildman–Crippen LogP) is 3.22. The zero-order valence-electron chi connectivity index (χ0n) is 14.9. The fraction of sp³-hybridized carbons (Fsp3) is 0.368. The molecule has 0 fully saturated rings. The number of hydrogen-bond donors (Lipinski definition) is 1. The molecule has 25 heavy (non-hydrogen) atoms. The lowest BCUT2D eigenvalue weighted by Gasteiger charge is -2.24. The number of fused-ring (bicyclic) bond motifs is 1. The predicted molar refractivity (Wildman–Crippen MR) is 103 cm³/mol. The van der Waals surface area contributed by atoms with E-state index in [1.165, 1.54) is 10.4 Å². The normalized spacial score (nSPS) is 12.6. The smallest absolute Gasteiger partial charge is 0.221 e. The first-order valence-electron chi connectivity index (χ1n) is 8.43. The molecule has 1 atom stereocenters. The molecule has 132 valence electrons. The summed E-state index contributed by atoms with van der Waals surface area (Å²) in [5.74, 6) is 0.0684. The number of aryl methyl sites for hydroxylation is 2. The Morgan fingerprint density at radius 1 is 1.32 bits per heavy atom. The van der Waals surface area contributed by atoms with Crippen molar-refractivity contribution >= 4 is 28.3 Å². The molecule has 0 aliphatic heterocycles. The molecule has 3 aromatic rings. The molecule has 0 spiro atoms. The van der Waals surface area contributed by atoms with Crippen LogP contribution in [0.15, 0.2) is 42.0 Å². The quantitative estimate of drug-likeness (QED) is 0.707. The summed E-state index contributed by atoms with van der Waals surface area (Å²) in [6, 6.07) is 10.3. The number of benzene rings is 1. The summed E-state index contributed by atoms with van der Waals surface area (Å²) in [7, 11) is 4.10. The van der Waals surface area contributed by atoms with Gasteiger partial charge in [-0.3, -0.25) is 4.79 Å². The van der Waals surface area contributed by atoms with Crippen LogP contribution in [0.3, 0.4) is 0 Å². The maximum atomic E-state index is 12.3. The summed E-state index contributed by atoms with van der Waals surface area (Å²) in [5, 5.41) is 5.19. The van der Waals surface area contributed by atoms with Crippen molar-refractivity contribution in [3.63, 3.8) is 0 Å². The number of hydrogen-bond acceptors (Lipinski definition) is 4. The minimum absolute atomic E-state index is 0.0684. The molecule has 1 aromatic carbocycles. The Labute approximate surface area is 152 Å². The summed E-state index contributed by atoms with van der Waals surface area (Å²) >= 11 is 1.75. The van der Waals surface area contributed by atoms with Crippen LogP contribution in [0.5, 0.6) is 0 Å². The van der Waals surface area contributed by atoms with Gasteiger partial charge in [0.1, 0.15) is 0 Å². The highest BCUT2D eigenvalue weighted by molar-refractivity contribution is 7.10. The fourth-order valence-corrected chi connectivity index (χ4v) is 4.07. The van der Waals surface area contributed by atoms with Crippen LogP contribution in [-0.4, -0.2) is 41.0 Å². The number of thiophene rings is 1. The Morgan fingerprint density at radius 3 is 2.84 bits per heavy atom. The average Bonchev–Trinajstić information content (AvgIpc) is 3.19. The van der Waals surface area contributed by atoms with Crippen LogP contribution in [-0.2, 0) is 11.3 Å². The number of likely N-dealkylation sites (N-methyl/N-ethyl adjacent to an activating group) is 1.